The second kappa shape index (κ2) is 14.3. The number of nitrogens with zero attached hydrogens (tertiary/aromatic N) is 3. The van der Waals surface area contributed by atoms with E-state index < -0.39 is 11.7 Å². The van der Waals surface area contributed by atoms with Crippen LogP contribution in [0.2, 0.25) is 5.02 Å². The third-order valence-corrected chi connectivity index (χ3v) is 8.43. The summed E-state index contributed by atoms with van der Waals surface area (Å²) < 4.78 is 52.3. The zero-order chi connectivity index (χ0) is 31.1. The van der Waals surface area contributed by atoms with E-state index in [1.54, 1.807) is 24.0 Å². The fourth-order valence-electron chi connectivity index (χ4n) is 5.83. The van der Waals surface area contributed by atoms with Gasteiger partial charge in [-0.3, -0.25) is 9.69 Å². The third-order valence-electron chi connectivity index (χ3n) is 7.98. The van der Waals surface area contributed by atoms with E-state index in [0.717, 1.165) is 30.0 Å². The van der Waals surface area contributed by atoms with Crippen LogP contribution in [-0.4, -0.2) is 47.1 Å². The summed E-state index contributed by atoms with van der Waals surface area (Å²) in [5, 5.41) is 3.76. The maximum atomic E-state index is 13.6. The number of halogens is 4. The number of ether oxygens (including phenoxy) is 1. The summed E-state index contributed by atoms with van der Waals surface area (Å²) in [5.74, 6) is 0.921. The van der Waals surface area contributed by atoms with Gasteiger partial charge in [-0.1, -0.05) is 84.4 Å². The van der Waals surface area contributed by atoms with Crippen molar-refractivity contribution in [1.82, 2.24) is 15.0 Å². The lowest BCUT2D eigenvalue weighted by Crippen LogP contribution is -2.31. The van der Waals surface area contributed by atoms with Crippen molar-refractivity contribution in [3.63, 3.8) is 0 Å². The molecule has 44 heavy (non-hydrogen) atoms. The zero-order valence-corrected chi connectivity index (χ0v) is 25.2. The topological polar surface area (TPSA) is 58.8 Å². The molecular formula is C34H35ClF3N3O3. The maximum absolute atomic E-state index is 13.6. The van der Waals surface area contributed by atoms with Gasteiger partial charge in [0.25, 0.3) is 5.88 Å². The summed E-state index contributed by atoms with van der Waals surface area (Å²) in [7, 11) is 0. The summed E-state index contributed by atoms with van der Waals surface area (Å²) in [5.41, 5.74) is 1.79. The molecule has 232 valence electrons. The van der Waals surface area contributed by atoms with Crippen LogP contribution >= 0.6 is 11.6 Å². The van der Waals surface area contributed by atoms with Crippen LogP contribution in [0.5, 0.6) is 5.88 Å². The third kappa shape index (κ3) is 7.81. The van der Waals surface area contributed by atoms with Gasteiger partial charge >= 0.3 is 6.18 Å². The Bertz CT molecular complexity index is 1470. The molecule has 0 saturated carbocycles. The SMILES string of the molecule is CC(=O)N1CCCC1c1cc(OCCCN(Cc2cccc(C(F)(F)F)c2Cl)CC(c2ccccc2)c2ccccc2)no1. The quantitative estimate of drug-likeness (QED) is 0.149. The largest absolute Gasteiger partial charge is 0.475 e. The fourth-order valence-corrected chi connectivity index (χ4v) is 6.12. The van der Waals surface area contributed by atoms with Gasteiger partial charge in [0.1, 0.15) is 0 Å². The molecule has 1 aliphatic rings. The summed E-state index contributed by atoms with van der Waals surface area (Å²) in [4.78, 5) is 15.8. The van der Waals surface area contributed by atoms with Gasteiger partial charge in [-0.2, -0.15) is 13.2 Å². The van der Waals surface area contributed by atoms with Crippen molar-refractivity contribution >= 4 is 17.5 Å². The van der Waals surface area contributed by atoms with Crippen LogP contribution in [0.15, 0.2) is 89.5 Å². The number of aromatic nitrogens is 1. The van der Waals surface area contributed by atoms with Crippen molar-refractivity contribution in [3.05, 3.63) is 118 Å². The maximum Gasteiger partial charge on any atom is 0.417 e. The average Bonchev–Trinajstić information content (AvgIpc) is 3.69. The number of alkyl halides is 3. The predicted molar refractivity (Wildman–Crippen MR) is 162 cm³/mol. The summed E-state index contributed by atoms with van der Waals surface area (Å²) in [6.45, 7) is 3.88. The Hall–Kier alpha value is -3.82. The van der Waals surface area contributed by atoms with Gasteiger partial charge in [0, 0.05) is 45.1 Å². The van der Waals surface area contributed by atoms with E-state index in [-0.39, 0.29) is 29.4 Å². The van der Waals surface area contributed by atoms with E-state index in [1.165, 1.54) is 6.07 Å². The standard InChI is InChI=1S/C34H35ClF3N3O3/c1-24(42)41-19-9-17-30(41)31-21-32(39-44-31)43-20-10-18-40(22-27-15-8-16-29(33(27)35)34(36,37)38)23-28(25-11-4-2-5-12-25)26-13-6-3-7-14-26/h2-8,11-16,21,28,30H,9-10,17-20,22-23H2,1H3. The minimum atomic E-state index is -4.54. The highest BCUT2D eigenvalue weighted by molar-refractivity contribution is 6.32. The molecule has 0 N–H and O–H groups in total. The van der Waals surface area contributed by atoms with Gasteiger partial charge in [-0.25, -0.2) is 0 Å². The van der Waals surface area contributed by atoms with Gasteiger partial charge in [0.2, 0.25) is 5.91 Å². The van der Waals surface area contributed by atoms with E-state index >= 15 is 0 Å². The van der Waals surface area contributed by atoms with Crippen molar-refractivity contribution in [2.75, 3.05) is 26.2 Å². The molecule has 1 aliphatic heterocycles. The van der Waals surface area contributed by atoms with Gasteiger partial charge in [-0.15, -0.1) is 0 Å². The summed E-state index contributed by atoms with van der Waals surface area (Å²) in [6, 6.07) is 25.8. The molecule has 10 heteroatoms. The summed E-state index contributed by atoms with van der Waals surface area (Å²) in [6.07, 6.45) is -2.25. The van der Waals surface area contributed by atoms with Crippen LogP contribution in [0.3, 0.4) is 0 Å². The molecule has 5 rings (SSSR count). The molecular weight excluding hydrogens is 591 g/mol. The first kappa shape index (κ1) is 31.6. The molecule has 0 aliphatic carbocycles. The van der Waals surface area contributed by atoms with Gasteiger partial charge < -0.3 is 14.2 Å². The number of rotatable bonds is 12. The van der Waals surface area contributed by atoms with Crippen LogP contribution in [0.25, 0.3) is 0 Å². The Balaban J connectivity index is 1.31. The van der Waals surface area contributed by atoms with E-state index in [2.05, 4.69) is 34.3 Å². The molecule has 1 atom stereocenters. The summed E-state index contributed by atoms with van der Waals surface area (Å²) >= 11 is 6.32. The molecule has 6 nitrogen and oxygen atoms in total. The Morgan fingerprint density at radius 3 is 2.39 bits per heavy atom. The van der Waals surface area contributed by atoms with E-state index in [4.69, 9.17) is 20.9 Å². The minimum Gasteiger partial charge on any atom is -0.475 e. The minimum absolute atomic E-state index is 0.00311. The molecule has 0 radical (unpaired) electrons. The number of likely N-dealkylation sites (tertiary alicyclic amines) is 1. The van der Waals surface area contributed by atoms with Gasteiger partial charge in [0.05, 0.1) is 23.2 Å². The molecule has 0 bridgehead atoms. The highest BCUT2D eigenvalue weighted by Gasteiger charge is 2.34. The number of carbonyl (C=O) groups excluding carboxylic acids is 1. The van der Waals surface area contributed by atoms with Crippen LogP contribution in [0.1, 0.15) is 66.2 Å². The van der Waals surface area contributed by atoms with E-state index in [1.807, 2.05) is 36.4 Å². The highest BCUT2D eigenvalue weighted by Crippen LogP contribution is 2.37. The number of carbonyl (C=O) groups is 1. The van der Waals surface area contributed by atoms with Crippen LogP contribution < -0.4 is 4.74 Å². The first-order valence-corrected chi connectivity index (χ1v) is 15.1. The number of benzene rings is 3. The molecule has 3 aromatic carbocycles. The molecule has 1 amide bonds. The first-order chi connectivity index (χ1) is 21.2. The fraction of sp³-hybridized carbons (Fsp3) is 0.353. The van der Waals surface area contributed by atoms with Crippen molar-refractivity contribution in [1.29, 1.82) is 0 Å². The molecule has 1 fully saturated rings. The van der Waals surface area contributed by atoms with E-state index in [0.29, 0.717) is 49.9 Å². The Labute approximate surface area is 260 Å². The van der Waals surface area contributed by atoms with Gasteiger partial charge in [0.15, 0.2) is 5.76 Å². The van der Waals surface area contributed by atoms with E-state index in [9.17, 15) is 18.0 Å². The highest BCUT2D eigenvalue weighted by atomic mass is 35.5. The predicted octanol–water partition coefficient (Wildman–Crippen LogP) is 8.13. The molecule has 0 spiro atoms. The van der Waals surface area contributed by atoms with Crippen molar-refractivity contribution in [2.45, 2.75) is 50.9 Å². The van der Waals surface area contributed by atoms with Crippen molar-refractivity contribution in [3.8, 4) is 5.88 Å². The van der Waals surface area contributed by atoms with Crippen LogP contribution in [-0.2, 0) is 17.5 Å². The normalized spacial score (nSPS) is 15.3. The second-order valence-corrected chi connectivity index (χ2v) is 11.4. The monoisotopic (exact) mass is 625 g/mol. The first-order valence-electron chi connectivity index (χ1n) is 14.7. The molecule has 1 saturated heterocycles. The number of hydrogen-bond donors (Lipinski definition) is 0. The average molecular weight is 626 g/mol. The Morgan fingerprint density at radius 1 is 1.07 bits per heavy atom. The smallest absolute Gasteiger partial charge is 0.417 e. The van der Waals surface area contributed by atoms with Crippen LogP contribution in [0, 0.1) is 0 Å². The Kier molecular flexibility index (Phi) is 10.3. The molecule has 2 heterocycles. The Morgan fingerprint density at radius 2 is 1.75 bits per heavy atom. The number of hydrogen-bond acceptors (Lipinski definition) is 5. The van der Waals surface area contributed by atoms with Crippen molar-refractivity contribution < 1.29 is 27.2 Å². The zero-order valence-electron chi connectivity index (χ0n) is 24.5. The lowest BCUT2D eigenvalue weighted by molar-refractivity contribution is -0.137. The lowest BCUT2D eigenvalue weighted by atomic mass is 9.90. The lowest BCUT2D eigenvalue weighted by Gasteiger charge is -2.29. The molecule has 4 aromatic rings. The molecule has 1 unspecified atom stereocenters. The van der Waals surface area contributed by atoms with Crippen LogP contribution in [0.4, 0.5) is 13.2 Å². The van der Waals surface area contributed by atoms with Crippen molar-refractivity contribution in [2.24, 2.45) is 0 Å². The number of amides is 1. The molecule has 1 aromatic heterocycles. The second-order valence-electron chi connectivity index (χ2n) is 11.0. The van der Waals surface area contributed by atoms with Gasteiger partial charge in [-0.05, 0) is 47.2 Å².